The molecule has 1 unspecified atom stereocenters. The van der Waals surface area contributed by atoms with E-state index in [2.05, 4.69) is 4.72 Å². The Bertz CT molecular complexity index is 1210. The van der Waals surface area contributed by atoms with E-state index >= 15 is 0 Å². The molecule has 0 aliphatic heterocycles. The number of nitrogens with one attached hydrogen (secondary N) is 1. The highest BCUT2D eigenvalue weighted by atomic mass is 32.2. The van der Waals surface area contributed by atoms with Gasteiger partial charge in [-0.2, -0.15) is 0 Å². The Kier molecular flexibility index (Phi) is 7.50. The number of carbonyl (C=O) groups is 2. The van der Waals surface area contributed by atoms with Gasteiger partial charge in [0.15, 0.2) is 6.10 Å². The molecule has 1 N–H and O–H groups in total. The SMILES string of the molecule is Cc1ccc(NS(=O)(=O)c2ccc(C(=O)OC(C)C(=O)N(C)Cc3ccccc3)cc2)cc1. The minimum absolute atomic E-state index is 0.00587. The van der Waals surface area contributed by atoms with Crippen LogP contribution in [-0.4, -0.2) is 38.3 Å². The van der Waals surface area contributed by atoms with Crippen LogP contribution in [-0.2, 0) is 26.1 Å². The lowest BCUT2D eigenvalue weighted by atomic mass is 10.2. The lowest BCUT2D eigenvalue weighted by molar-refractivity contribution is -0.139. The summed E-state index contributed by atoms with van der Waals surface area (Å²) in [6.45, 7) is 3.81. The fourth-order valence-electron chi connectivity index (χ4n) is 3.13. The van der Waals surface area contributed by atoms with E-state index in [1.54, 1.807) is 31.3 Å². The van der Waals surface area contributed by atoms with Gasteiger partial charge in [0.25, 0.3) is 15.9 Å². The number of aryl methyl sites for hydroxylation is 1. The van der Waals surface area contributed by atoms with E-state index in [9.17, 15) is 18.0 Å². The molecule has 7 nitrogen and oxygen atoms in total. The molecule has 0 aromatic heterocycles. The summed E-state index contributed by atoms with van der Waals surface area (Å²) in [5.74, 6) is -1.05. The van der Waals surface area contributed by atoms with E-state index in [1.165, 1.54) is 36.1 Å². The lowest BCUT2D eigenvalue weighted by Gasteiger charge is -2.21. The van der Waals surface area contributed by atoms with Crippen molar-refractivity contribution in [3.05, 3.63) is 95.6 Å². The Hall–Kier alpha value is -3.65. The van der Waals surface area contributed by atoms with Crippen LogP contribution in [0.3, 0.4) is 0 Å². The summed E-state index contributed by atoms with van der Waals surface area (Å²) in [4.78, 5) is 26.5. The van der Waals surface area contributed by atoms with Crippen molar-refractivity contribution in [2.75, 3.05) is 11.8 Å². The van der Waals surface area contributed by atoms with Gasteiger partial charge in [0.05, 0.1) is 10.5 Å². The number of hydrogen-bond acceptors (Lipinski definition) is 5. The van der Waals surface area contributed by atoms with Crippen molar-refractivity contribution < 1.29 is 22.7 Å². The van der Waals surface area contributed by atoms with Crippen LogP contribution in [0.15, 0.2) is 83.8 Å². The van der Waals surface area contributed by atoms with Gasteiger partial charge in [0, 0.05) is 19.3 Å². The Morgan fingerprint density at radius 1 is 0.939 bits per heavy atom. The molecule has 3 rings (SSSR count). The molecule has 3 aromatic rings. The van der Waals surface area contributed by atoms with Gasteiger partial charge < -0.3 is 9.64 Å². The van der Waals surface area contributed by atoms with Crippen molar-refractivity contribution in [1.29, 1.82) is 0 Å². The first-order valence-corrected chi connectivity index (χ1v) is 11.8. The van der Waals surface area contributed by atoms with Crippen LogP contribution in [0.25, 0.3) is 0 Å². The molecule has 0 bridgehead atoms. The van der Waals surface area contributed by atoms with Gasteiger partial charge in [0.1, 0.15) is 0 Å². The standard InChI is InChI=1S/C25H26N2O5S/c1-18-9-13-22(14-10-18)26-33(30,31)23-15-11-21(12-16-23)25(29)32-19(2)24(28)27(3)17-20-7-5-4-6-8-20/h4-16,19,26H,17H2,1-3H3. The number of likely N-dealkylation sites (N-methyl/N-ethyl adjacent to an activating group) is 1. The minimum atomic E-state index is -3.81. The second-order valence-corrected chi connectivity index (χ2v) is 9.41. The van der Waals surface area contributed by atoms with Crippen molar-refractivity contribution in [2.24, 2.45) is 0 Å². The predicted molar refractivity (Wildman–Crippen MR) is 126 cm³/mol. The van der Waals surface area contributed by atoms with Crippen LogP contribution < -0.4 is 4.72 Å². The normalized spacial score (nSPS) is 12.0. The third-order valence-corrected chi connectivity index (χ3v) is 6.37. The molecule has 0 spiro atoms. The molecule has 0 saturated heterocycles. The van der Waals surface area contributed by atoms with Gasteiger partial charge in [-0.15, -0.1) is 0 Å². The molecule has 0 aliphatic carbocycles. The number of rotatable bonds is 8. The van der Waals surface area contributed by atoms with Crippen LogP contribution in [0.5, 0.6) is 0 Å². The van der Waals surface area contributed by atoms with E-state index in [4.69, 9.17) is 4.74 Å². The number of hydrogen-bond donors (Lipinski definition) is 1. The summed E-state index contributed by atoms with van der Waals surface area (Å²) in [7, 11) is -2.17. The average molecular weight is 467 g/mol. The summed E-state index contributed by atoms with van der Waals surface area (Å²) in [6, 6.07) is 21.8. The third kappa shape index (κ3) is 6.43. The van der Waals surface area contributed by atoms with Gasteiger partial charge in [-0.05, 0) is 55.8 Å². The topological polar surface area (TPSA) is 92.8 Å². The second kappa shape index (κ2) is 10.3. The first kappa shape index (κ1) is 24.0. The number of ether oxygens (including phenoxy) is 1. The Morgan fingerprint density at radius 3 is 2.15 bits per heavy atom. The van der Waals surface area contributed by atoms with E-state index in [0.29, 0.717) is 12.2 Å². The molecule has 172 valence electrons. The molecular weight excluding hydrogens is 440 g/mol. The van der Waals surface area contributed by atoms with Gasteiger partial charge in [-0.1, -0.05) is 48.0 Å². The second-order valence-electron chi connectivity index (χ2n) is 7.72. The Morgan fingerprint density at radius 2 is 1.55 bits per heavy atom. The Balaban J connectivity index is 1.61. The van der Waals surface area contributed by atoms with Crippen molar-refractivity contribution in [3.63, 3.8) is 0 Å². The lowest BCUT2D eigenvalue weighted by Crippen LogP contribution is -2.37. The van der Waals surface area contributed by atoms with Gasteiger partial charge in [0.2, 0.25) is 0 Å². The number of anilines is 1. The highest BCUT2D eigenvalue weighted by molar-refractivity contribution is 7.92. The van der Waals surface area contributed by atoms with Crippen LogP contribution in [0.4, 0.5) is 5.69 Å². The van der Waals surface area contributed by atoms with E-state index < -0.39 is 22.1 Å². The van der Waals surface area contributed by atoms with Crippen molar-refractivity contribution in [2.45, 2.75) is 31.4 Å². The number of esters is 1. The van der Waals surface area contributed by atoms with Gasteiger partial charge in [-0.25, -0.2) is 13.2 Å². The van der Waals surface area contributed by atoms with Crippen LogP contribution in [0, 0.1) is 6.92 Å². The van der Waals surface area contributed by atoms with Crippen molar-refractivity contribution in [1.82, 2.24) is 4.90 Å². The molecule has 0 heterocycles. The average Bonchev–Trinajstić information content (AvgIpc) is 2.80. The monoisotopic (exact) mass is 466 g/mol. The molecule has 8 heteroatoms. The molecule has 0 radical (unpaired) electrons. The molecule has 1 amide bonds. The fraction of sp³-hybridized carbons (Fsp3) is 0.200. The summed E-state index contributed by atoms with van der Waals surface area (Å²) < 4.78 is 33.0. The zero-order valence-corrected chi connectivity index (χ0v) is 19.5. The molecule has 1 atom stereocenters. The number of benzene rings is 3. The third-order valence-electron chi connectivity index (χ3n) is 4.97. The van der Waals surface area contributed by atoms with E-state index in [0.717, 1.165) is 11.1 Å². The molecule has 0 fully saturated rings. The van der Waals surface area contributed by atoms with Crippen LogP contribution in [0.1, 0.15) is 28.4 Å². The number of amides is 1. The van der Waals surface area contributed by atoms with Crippen LogP contribution >= 0.6 is 0 Å². The Labute approximate surface area is 194 Å². The van der Waals surface area contributed by atoms with Gasteiger partial charge in [-0.3, -0.25) is 9.52 Å². The largest absolute Gasteiger partial charge is 0.449 e. The molecule has 0 saturated carbocycles. The molecular formula is C25H26N2O5S. The maximum absolute atomic E-state index is 12.6. The first-order chi connectivity index (χ1) is 15.7. The highest BCUT2D eigenvalue weighted by Gasteiger charge is 2.23. The van der Waals surface area contributed by atoms with E-state index in [1.807, 2.05) is 37.3 Å². The number of sulfonamides is 1. The molecule has 0 aliphatic rings. The smallest absolute Gasteiger partial charge is 0.338 e. The summed E-state index contributed by atoms with van der Waals surface area (Å²) >= 11 is 0. The maximum atomic E-state index is 12.6. The molecule has 3 aromatic carbocycles. The maximum Gasteiger partial charge on any atom is 0.338 e. The molecule has 33 heavy (non-hydrogen) atoms. The van der Waals surface area contributed by atoms with Gasteiger partial charge >= 0.3 is 5.97 Å². The summed E-state index contributed by atoms with van der Waals surface area (Å²) in [6.07, 6.45) is -0.988. The predicted octanol–water partition coefficient (Wildman–Crippen LogP) is 4.00. The fourth-order valence-corrected chi connectivity index (χ4v) is 4.19. The van der Waals surface area contributed by atoms with Crippen LogP contribution in [0.2, 0.25) is 0 Å². The zero-order chi connectivity index (χ0) is 24.0. The number of carbonyl (C=O) groups excluding carboxylic acids is 2. The number of nitrogens with zero attached hydrogens (tertiary/aromatic N) is 1. The quantitative estimate of drug-likeness (QED) is 0.507. The highest BCUT2D eigenvalue weighted by Crippen LogP contribution is 2.18. The minimum Gasteiger partial charge on any atom is -0.449 e. The first-order valence-electron chi connectivity index (χ1n) is 10.3. The summed E-state index contributed by atoms with van der Waals surface area (Å²) in [5.41, 5.74) is 2.56. The zero-order valence-electron chi connectivity index (χ0n) is 18.7. The van der Waals surface area contributed by atoms with Crippen molar-refractivity contribution in [3.8, 4) is 0 Å². The van der Waals surface area contributed by atoms with Crippen molar-refractivity contribution >= 4 is 27.6 Å². The van der Waals surface area contributed by atoms with E-state index in [-0.39, 0.29) is 16.4 Å². The summed E-state index contributed by atoms with van der Waals surface area (Å²) in [5, 5.41) is 0.